The van der Waals surface area contributed by atoms with Crippen LogP contribution in [0.15, 0.2) is 30.6 Å². The Hall–Kier alpha value is -1.75. The van der Waals surface area contributed by atoms with Crippen LogP contribution >= 0.6 is 0 Å². The molecule has 1 fully saturated rings. The summed E-state index contributed by atoms with van der Waals surface area (Å²) in [6, 6.07) is 6.85. The lowest BCUT2D eigenvalue weighted by molar-refractivity contribution is 0.434. The summed E-state index contributed by atoms with van der Waals surface area (Å²) in [7, 11) is 0. The van der Waals surface area contributed by atoms with Crippen molar-refractivity contribution in [3.05, 3.63) is 47.8 Å². The van der Waals surface area contributed by atoms with E-state index in [1.54, 1.807) is 18.5 Å². The van der Waals surface area contributed by atoms with Crippen molar-refractivity contribution in [2.45, 2.75) is 25.3 Å². The first-order valence-corrected chi connectivity index (χ1v) is 6.66. The molecule has 0 saturated carbocycles. The predicted octanol–water partition coefficient (Wildman–Crippen LogP) is 1.93. The van der Waals surface area contributed by atoms with Crippen LogP contribution in [0.25, 0.3) is 0 Å². The first-order valence-electron chi connectivity index (χ1n) is 6.66. The zero-order valence-corrected chi connectivity index (χ0v) is 10.7. The Bertz CT molecular complexity index is 546. The molecule has 0 unspecified atom stereocenters. The van der Waals surface area contributed by atoms with Gasteiger partial charge in [0.1, 0.15) is 18.0 Å². The number of hydrogen-bond acceptors (Lipinski definition) is 3. The molecule has 1 aliphatic rings. The minimum Gasteiger partial charge on any atom is -0.316 e. The SMILES string of the molecule is Fc1ccccc1Cn1cnnc1[C@@H]1CCCNC1. The summed E-state index contributed by atoms with van der Waals surface area (Å²) in [6.07, 6.45) is 3.95. The molecule has 5 heteroatoms. The Kier molecular flexibility index (Phi) is 3.55. The van der Waals surface area contributed by atoms with Gasteiger partial charge in [0.05, 0.1) is 6.54 Å². The van der Waals surface area contributed by atoms with Crippen molar-refractivity contribution in [1.29, 1.82) is 0 Å². The van der Waals surface area contributed by atoms with Crippen LogP contribution in [0.2, 0.25) is 0 Å². The third-order valence-corrected chi connectivity index (χ3v) is 3.61. The summed E-state index contributed by atoms with van der Waals surface area (Å²) in [5.74, 6) is 1.15. The summed E-state index contributed by atoms with van der Waals surface area (Å²) in [4.78, 5) is 0. The second kappa shape index (κ2) is 5.48. The van der Waals surface area contributed by atoms with Crippen molar-refractivity contribution < 1.29 is 4.39 Å². The number of piperidine rings is 1. The average Bonchev–Trinajstić information content (AvgIpc) is 2.91. The highest BCUT2D eigenvalue weighted by molar-refractivity contribution is 5.18. The maximum absolute atomic E-state index is 13.7. The van der Waals surface area contributed by atoms with E-state index < -0.39 is 0 Å². The number of nitrogens with one attached hydrogen (secondary N) is 1. The standard InChI is InChI=1S/C14H17FN4/c15-13-6-2-1-4-12(13)9-19-10-17-18-14(19)11-5-3-7-16-8-11/h1-2,4,6,10-11,16H,3,5,7-9H2/t11-/m1/s1. The first kappa shape index (κ1) is 12.3. The summed E-state index contributed by atoms with van der Waals surface area (Å²) < 4.78 is 15.6. The molecule has 1 aliphatic heterocycles. The molecule has 0 radical (unpaired) electrons. The molecule has 1 saturated heterocycles. The lowest BCUT2D eigenvalue weighted by Gasteiger charge is -2.22. The molecular weight excluding hydrogens is 243 g/mol. The molecule has 0 spiro atoms. The van der Waals surface area contributed by atoms with Crippen LogP contribution in [-0.2, 0) is 6.54 Å². The number of aromatic nitrogens is 3. The smallest absolute Gasteiger partial charge is 0.137 e. The molecule has 0 bridgehead atoms. The summed E-state index contributed by atoms with van der Waals surface area (Å²) in [6.45, 7) is 2.49. The van der Waals surface area contributed by atoms with Crippen LogP contribution in [-0.4, -0.2) is 27.9 Å². The fourth-order valence-corrected chi connectivity index (χ4v) is 2.58. The Labute approximate surface area is 111 Å². The van der Waals surface area contributed by atoms with E-state index in [4.69, 9.17) is 0 Å². The molecule has 1 aromatic carbocycles. The molecule has 3 rings (SSSR count). The summed E-state index contributed by atoms with van der Waals surface area (Å²) in [5.41, 5.74) is 0.673. The molecule has 4 nitrogen and oxygen atoms in total. The van der Waals surface area contributed by atoms with Gasteiger partial charge < -0.3 is 9.88 Å². The van der Waals surface area contributed by atoms with Crippen molar-refractivity contribution in [1.82, 2.24) is 20.1 Å². The maximum atomic E-state index is 13.7. The summed E-state index contributed by atoms with van der Waals surface area (Å²) in [5, 5.41) is 11.6. The lowest BCUT2D eigenvalue weighted by atomic mass is 9.99. The van der Waals surface area contributed by atoms with Gasteiger partial charge in [0.2, 0.25) is 0 Å². The zero-order valence-electron chi connectivity index (χ0n) is 10.7. The van der Waals surface area contributed by atoms with Crippen molar-refractivity contribution >= 4 is 0 Å². The van der Waals surface area contributed by atoms with Gasteiger partial charge in [-0.25, -0.2) is 4.39 Å². The van der Waals surface area contributed by atoms with E-state index in [1.165, 1.54) is 6.07 Å². The quantitative estimate of drug-likeness (QED) is 0.917. The minimum atomic E-state index is -0.177. The summed E-state index contributed by atoms with van der Waals surface area (Å²) >= 11 is 0. The highest BCUT2D eigenvalue weighted by Crippen LogP contribution is 2.22. The van der Waals surface area contributed by atoms with Gasteiger partial charge in [-0.2, -0.15) is 0 Å². The van der Waals surface area contributed by atoms with Gasteiger partial charge >= 0.3 is 0 Å². The number of hydrogen-bond donors (Lipinski definition) is 1. The second-order valence-electron chi connectivity index (χ2n) is 4.95. The van der Waals surface area contributed by atoms with Gasteiger partial charge in [-0.3, -0.25) is 0 Å². The van der Waals surface area contributed by atoms with E-state index in [0.29, 0.717) is 18.0 Å². The molecule has 19 heavy (non-hydrogen) atoms. The fourth-order valence-electron chi connectivity index (χ4n) is 2.58. The van der Waals surface area contributed by atoms with Crippen LogP contribution in [0.3, 0.4) is 0 Å². The van der Waals surface area contributed by atoms with Crippen molar-refractivity contribution in [2.75, 3.05) is 13.1 Å². The normalized spacial score (nSPS) is 19.5. The molecule has 0 aliphatic carbocycles. The molecule has 0 amide bonds. The van der Waals surface area contributed by atoms with Gasteiger partial charge in [0.15, 0.2) is 0 Å². The highest BCUT2D eigenvalue weighted by Gasteiger charge is 2.20. The first-order chi connectivity index (χ1) is 9.34. The van der Waals surface area contributed by atoms with E-state index >= 15 is 0 Å². The fraction of sp³-hybridized carbons (Fsp3) is 0.429. The third-order valence-electron chi connectivity index (χ3n) is 3.61. The van der Waals surface area contributed by atoms with Gasteiger partial charge in [-0.1, -0.05) is 18.2 Å². The number of nitrogens with zero attached hydrogens (tertiary/aromatic N) is 3. The molecule has 1 N–H and O–H groups in total. The van der Waals surface area contributed by atoms with Crippen LogP contribution in [0, 0.1) is 5.82 Å². The van der Waals surface area contributed by atoms with E-state index in [-0.39, 0.29) is 5.82 Å². The molecule has 2 heterocycles. The zero-order chi connectivity index (χ0) is 13.1. The van der Waals surface area contributed by atoms with E-state index in [2.05, 4.69) is 15.5 Å². The van der Waals surface area contributed by atoms with Crippen LogP contribution in [0.1, 0.15) is 30.1 Å². The predicted molar refractivity (Wildman–Crippen MR) is 70.4 cm³/mol. The molecular formula is C14H17FN4. The largest absolute Gasteiger partial charge is 0.316 e. The Morgan fingerprint density at radius 2 is 2.26 bits per heavy atom. The Morgan fingerprint density at radius 3 is 3.05 bits per heavy atom. The second-order valence-corrected chi connectivity index (χ2v) is 4.95. The number of rotatable bonds is 3. The number of halogens is 1. The van der Waals surface area contributed by atoms with E-state index in [1.807, 2.05) is 10.6 Å². The van der Waals surface area contributed by atoms with Gasteiger partial charge in [-0.15, -0.1) is 10.2 Å². The topological polar surface area (TPSA) is 42.7 Å². The Morgan fingerprint density at radius 1 is 1.37 bits per heavy atom. The molecule has 2 aromatic rings. The lowest BCUT2D eigenvalue weighted by Crippen LogP contribution is -2.30. The Balaban J connectivity index is 1.82. The number of benzene rings is 1. The average molecular weight is 260 g/mol. The van der Waals surface area contributed by atoms with Crippen LogP contribution in [0.5, 0.6) is 0 Å². The molecule has 1 atom stereocenters. The van der Waals surface area contributed by atoms with Crippen molar-refractivity contribution in [2.24, 2.45) is 0 Å². The van der Waals surface area contributed by atoms with Gasteiger partial charge in [0, 0.05) is 18.0 Å². The monoisotopic (exact) mass is 260 g/mol. The molecule has 1 aromatic heterocycles. The molecule has 100 valence electrons. The highest BCUT2D eigenvalue weighted by atomic mass is 19.1. The van der Waals surface area contributed by atoms with Crippen LogP contribution < -0.4 is 5.32 Å². The van der Waals surface area contributed by atoms with Crippen molar-refractivity contribution in [3.63, 3.8) is 0 Å². The third kappa shape index (κ3) is 2.66. The van der Waals surface area contributed by atoms with Crippen molar-refractivity contribution in [3.8, 4) is 0 Å². The van der Waals surface area contributed by atoms with Crippen LogP contribution in [0.4, 0.5) is 4.39 Å². The minimum absolute atomic E-state index is 0.177. The maximum Gasteiger partial charge on any atom is 0.137 e. The van der Waals surface area contributed by atoms with E-state index in [9.17, 15) is 4.39 Å². The van der Waals surface area contributed by atoms with Gasteiger partial charge in [0.25, 0.3) is 0 Å². The van der Waals surface area contributed by atoms with E-state index in [0.717, 1.165) is 31.8 Å². The van der Waals surface area contributed by atoms with Gasteiger partial charge in [-0.05, 0) is 25.5 Å².